The van der Waals surface area contributed by atoms with Crippen LogP contribution in [-0.2, 0) is 0 Å². The number of rotatable bonds is 8. The van der Waals surface area contributed by atoms with Crippen molar-refractivity contribution in [1.29, 1.82) is 0 Å². The van der Waals surface area contributed by atoms with Gasteiger partial charge in [-0.1, -0.05) is 145 Å². The Kier molecular flexibility index (Phi) is 7.61. The Bertz CT molecular complexity index is 5000. The number of aromatic nitrogens is 2. The molecule has 0 radical (unpaired) electrons. The van der Waals surface area contributed by atoms with Crippen LogP contribution in [0.25, 0.3) is 98.4 Å². The molecule has 4 nitrogen and oxygen atoms in total. The topological polar surface area (TPSA) is 15.3 Å². The van der Waals surface area contributed by atoms with E-state index in [1.165, 1.54) is 0 Å². The lowest BCUT2D eigenvalue weighted by Gasteiger charge is -2.28. The number of fused-ring (bicyclic) bond motifs is 12. The summed E-state index contributed by atoms with van der Waals surface area (Å²) >= 11 is 0. The van der Waals surface area contributed by atoms with Crippen LogP contribution in [0.5, 0.6) is 0 Å². The first-order valence-corrected chi connectivity index (χ1v) is 25.8. The molecule has 4 heterocycles. The minimum atomic E-state index is -0.464. The van der Waals surface area contributed by atoms with Gasteiger partial charge in [0.2, 0.25) is 0 Å². The van der Waals surface area contributed by atoms with Crippen LogP contribution in [0.3, 0.4) is 0 Å². The Labute approximate surface area is 456 Å². The van der Waals surface area contributed by atoms with Crippen molar-refractivity contribution in [2.75, 3.05) is 9.80 Å². The van der Waals surface area contributed by atoms with E-state index in [4.69, 9.17) is 8.22 Å². The van der Waals surface area contributed by atoms with E-state index in [0.29, 0.717) is 22.7 Å². The van der Waals surface area contributed by atoms with Crippen LogP contribution in [0.2, 0.25) is 0 Å². The number of benzene rings is 11. The van der Waals surface area contributed by atoms with Gasteiger partial charge in [0.15, 0.2) is 0 Å². The molecular weight excluding hydrogens is 921 g/mol. The molecule has 11 aromatic carbocycles. The van der Waals surface area contributed by atoms with Crippen molar-refractivity contribution < 1.29 is 13.7 Å². The average molecular weight is 985 g/mol. The molecule has 0 amide bonds. The van der Waals surface area contributed by atoms with E-state index in [2.05, 4.69) is 120 Å². The first-order chi connectivity index (χ1) is 41.4. The fourth-order valence-electron chi connectivity index (χ4n) is 12.6. The highest BCUT2D eigenvalue weighted by Gasteiger charge is 2.33. The molecular formula is C72H54N4. The quantitative estimate of drug-likeness (QED) is 0.151. The molecule has 0 atom stereocenters. The van der Waals surface area contributed by atoms with Crippen molar-refractivity contribution in [3.8, 4) is 22.3 Å². The molecule has 4 aromatic heterocycles. The zero-order valence-electron chi connectivity index (χ0n) is 52.8. The summed E-state index contributed by atoms with van der Waals surface area (Å²) in [5.74, 6) is 0. The van der Waals surface area contributed by atoms with Gasteiger partial charge in [-0.2, -0.15) is 0 Å². The monoisotopic (exact) mass is 984 g/mol. The molecule has 0 fully saturated rings. The molecule has 0 aliphatic rings. The van der Waals surface area contributed by atoms with Crippen LogP contribution in [0, 0.1) is 41.5 Å². The van der Waals surface area contributed by atoms with Crippen LogP contribution < -0.4 is 9.80 Å². The van der Waals surface area contributed by atoms with Crippen molar-refractivity contribution in [3.63, 3.8) is 0 Å². The number of nitrogens with zero attached hydrogens (tertiary/aromatic N) is 4. The van der Waals surface area contributed by atoms with Gasteiger partial charge in [-0.3, -0.25) is 0 Å². The number of aryl methyl sites for hydroxylation is 4. The largest absolute Gasteiger partial charge is 0.310 e. The zero-order valence-corrected chi connectivity index (χ0v) is 42.8. The number of hydrogen-bond donors (Lipinski definition) is 0. The Morgan fingerprint density at radius 3 is 1.07 bits per heavy atom. The third-order valence-corrected chi connectivity index (χ3v) is 16.4. The second-order valence-corrected chi connectivity index (χ2v) is 20.4. The number of anilines is 6. The molecule has 0 unspecified atom stereocenters. The molecule has 0 spiro atoms. The maximum absolute atomic E-state index is 9.55. The molecule has 15 rings (SSSR count). The highest BCUT2D eigenvalue weighted by Crippen LogP contribution is 2.57. The van der Waals surface area contributed by atoms with E-state index in [0.717, 1.165) is 132 Å². The van der Waals surface area contributed by atoms with Crippen molar-refractivity contribution in [1.82, 2.24) is 8.80 Å². The van der Waals surface area contributed by atoms with Crippen molar-refractivity contribution in [2.45, 2.75) is 41.5 Å². The van der Waals surface area contributed by atoms with Gasteiger partial charge < -0.3 is 18.6 Å². The fraction of sp³-hybridized carbons (Fsp3) is 0.0833. The molecule has 0 aliphatic heterocycles. The molecule has 15 aromatic rings. The van der Waals surface area contributed by atoms with E-state index in [9.17, 15) is 5.48 Å². The van der Waals surface area contributed by atoms with Gasteiger partial charge in [-0.05, 0) is 159 Å². The van der Waals surface area contributed by atoms with Gasteiger partial charge >= 0.3 is 0 Å². The highest BCUT2D eigenvalue weighted by molar-refractivity contribution is 6.39. The molecule has 0 saturated heterocycles. The van der Waals surface area contributed by atoms with Gasteiger partial charge in [-0.25, -0.2) is 0 Å². The second-order valence-electron chi connectivity index (χ2n) is 20.4. The van der Waals surface area contributed by atoms with Crippen LogP contribution >= 0.6 is 0 Å². The summed E-state index contributed by atoms with van der Waals surface area (Å²) in [6.07, 6.45) is 0. The lowest BCUT2D eigenvalue weighted by atomic mass is 9.89. The lowest BCUT2D eigenvalue weighted by molar-refractivity contribution is 1.22. The van der Waals surface area contributed by atoms with E-state index >= 15 is 0 Å². The first kappa shape index (κ1) is 34.9. The summed E-state index contributed by atoms with van der Waals surface area (Å²) in [5, 5.41) is 7.43. The zero-order chi connectivity index (χ0) is 59.8. The van der Waals surface area contributed by atoms with Gasteiger partial charge in [0.25, 0.3) is 0 Å². The Morgan fingerprint density at radius 1 is 0.329 bits per heavy atom. The SMILES string of the molecule is [2H]c1c([2H])c([2H])c(N(c2cc(C)c(C)c(C)c2)c2ccc3c4c(-c5ccccc5)c5c(c(-c6ccccc6)c4n4c6ccccc6c2c34)c2ccc(N(c3cc(C)c(C)c(C)c3)c3c([2H])c([2H])c([2H])c([2H])c3[2H])c3c4ccccc4n5c23)c([2H])c1[2H]. The summed E-state index contributed by atoms with van der Waals surface area (Å²) in [5.41, 5.74) is 18.4. The van der Waals surface area contributed by atoms with Crippen LogP contribution in [0.4, 0.5) is 34.1 Å². The number of hydrogen-bond acceptors (Lipinski definition) is 2. The predicted octanol–water partition coefficient (Wildman–Crippen LogP) is 20.1. The minimum Gasteiger partial charge on any atom is -0.310 e. The van der Waals surface area contributed by atoms with Crippen molar-refractivity contribution in [2.24, 2.45) is 0 Å². The third kappa shape index (κ3) is 6.13. The molecule has 0 bridgehead atoms. The molecule has 76 heavy (non-hydrogen) atoms. The molecule has 0 aliphatic carbocycles. The lowest BCUT2D eigenvalue weighted by Crippen LogP contribution is -2.11. The second kappa shape index (κ2) is 16.6. The maximum atomic E-state index is 9.55. The summed E-state index contributed by atoms with van der Waals surface area (Å²) in [6, 6.07) is 50.4. The fourth-order valence-corrected chi connectivity index (χ4v) is 12.6. The average Bonchev–Trinajstić information content (AvgIpc) is 1.50. The summed E-state index contributed by atoms with van der Waals surface area (Å²) in [6.45, 7) is 12.3. The Morgan fingerprint density at radius 2 is 0.684 bits per heavy atom. The van der Waals surface area contributed by atoms with E-state index in [-0.39, 0.29) is 35.5 Å². The van der Waals surface area contributed by atoms with E-state index in [1.54, 1.807) is 0 Å². The predicted molar refractivity (Wildman–Crippen MR) is 324 cm³/mol. The Balaban J connectivity index is 1.17. The highest BCUT2D eigenvalue weighted by atomic mass is 15.2. The van der Waals surface area contributed by atoms with Crippen molar-refractivity contribution >= 4 is 110 Å². The molecule has 362 valence electrons. The van der Waals surface area contributed by atoms with Gasteiger partial charge in [0, 0.05) is 77.0 Å². The minimum absolute atomic E-state index is 0.0486. The van der Waals surface area contributed by atoms with E-state index < -0.39 is 36.3 Å². The van der Waals surface area contributed by atoms with Crippen molar-refractivity contribution in [3.05, 3.63) is 252 Å². The Hall–Kier alpha value is -9.38. The molecule has 0 saturated carbocycles. The molecule has 0 N–H and O–H groups in total. The van der Waals surface area contributed by atoms with Gasteiger partial charge in [-0.15, -0.1) is 0 Å². The summed E-state index contributed by atoms with van der Waals surface area (Å²) in [7, 11) is 0. The normalized spacial score (nSPS) is 13.9. The standard InChI is InChI=1S/C72H54N4/c1-43-39-53(40-44(2)47(43)5)73(51-27-15-9-16-28-51)61-37-35-57-67-63(49-23-11-7-12-24-49)72-68(64(50-25-13-8-14-26-50)71(67)75-59-33-21-19-31-55(59)65(61)69(57)75)58-36-38-62(66-56-32-20-22-34-60(56)76(72)70(58)66)74(52-29-17-10-18-30-52)54-41-45(3)48(6)46(4)42-54/h7-42H,1-6H3/i9D,10D,15D,16D,17D,18D,27D,28D,29D,30D. The van der Waals surface area contributed by atoms with Crippen LogP contribution in [0.15, 0.2) is 218 Å². The van der Waals surface area contributed by atoms with Crippen LogP contribution in [-0.4, -0.2) is 8.80 Å². The van der Waals surface area contributed by atoms with E-state index in [1.807, 2.05) is 98.2 Å². The number of para-hydroxylation sites is 4. The smallest absolute Gasteiger partial charge is 0.0645 e. The van der Waals surface area contributed by atoms with Gasteiger partial charge in [0.1, 0.15) is 0 Å². The maximum Gasteiger partial charge on any atom is 0.0645 e. The van der Waals surface area contributed by atoms with Crippen LogP contribution in [0.1, 0.15) is 47.1 Å². The third-order valence-electron chi connectivity index (χ3n) is 16.4. The van der Waals surface area contributed by atoms with Gasteiger partial charge in [0.05, 0.1) is 58.2 Å². The molecule has 4 heteroatoms. The summed E-state index contributed by atoms with van der Waals surface area (Å²) in [4.78, 5) is 3.75. The first-order valence-electron chi connectivity index (χ1n) is 30.8. The summed E-state index contributed by atoms with van der Waals surface area (Å²) < 4.78 is 96.4.